The van der Waals surface area contributed by atoms with Crippen molar-refractivity contribution in [2.75, 3.05) is 13.7 Å². The van der Waals surface area contributed by atoms with Crippen molar-refractivity contribution in [2.45, 2.75) is 39.0 Å². The van der Waals surface area contributed by atoms with Crippen molar-refractivity contribution < 1.29 is 19.1 Å². The summed E-state index contributed by atoms with van der Waals surface area (Å²) in [4.78, 5) is 28.7. The first-order valence-electron chi connectivity index (χ1n) is 8.39. The summed E-state index contributed by atoms with van der Waals surface area (Å²) in [5.74, 6) is -0.356. The number of hydrogen-bond acceptors (Lipinski definition) is 5. The second-order valence-electron chi connectivity index (χ2n) is 6.86. The van der Waals surface area contributed by atoms with Gasteiger partial charge in [-0.2, -0.15) is 0 Å². The molecular formula is C19H25N3O4. The molecule has 0 saturated heterocycles. The molecular weight excluding hydrogens is 334 g/mol. The van der Waals surface area contributed by atoms with Crippen molar-refractivity contribution in [3.63, 3.8) is 0 Å². The van der Waals surface area contributed by atoms with Gasteiger partial charge >= 0.3 is 6.09 Å². The molecule has 0 spiro atoms. The molecule has 7 heteroatoms. The van der Waals surface area contributed by atoms with Crippen LogP contribution in [0.25, 0.3) is 10.9 Å². The molecule has 1 aromatic heterocycles. The summed E-state index contributed by atoms with van der Waals surface area (Å²) in [6, 6.07) is 8.76. The Balaban J connectivity index is 2.01. The molecule has 2 aromatic rings. The minimum Gasteiger partial charge on any atom is -0.444 e. The first-order valence-corrected chi connectivity index (χ1v) is 8.39. The van der Waals surface area contributed by atoms with Crippen LogP contribution in [0.5, 0.6) is 0 Å². The van der Waals surface area contributed by atoms with E-state index in [-0.39, 0.29) is 12.5 Å². The molecule has 140 valence electrons. The second-order valence-corrected chi connectivity index (χ2v) is 6.86. The Morgan fingerprint density at radius 2 is 1.92 bits per heavy atom. The van der Waals surface area contributed by atoms with E-state index in [1.807, 2.05) is 30.3 Å². The summed E-state index contributed by atoms with van der Waals surface area (Å²) in [7, 11) is 1.46. The van der Waals surface area contributed by atoms with E-state index in [2.05, 4.69) is 15.6 Å². The molecule has 0 aliphatic rings. The molecule has 2 amide bonds. The number of para-hydroxylation sites is 1. The van der Waals surface area contributed by atoms with Crippen LogP contribution >= 0.6 is 0 Å². The van der Waals surface area contributed by atoms with Gasteiger partial charge in [0.25, 0.3) is 0 Å². The number of fused-ring (bicyclic) bond motifs is 1. The minimum atomic E-state index is -0.849. The molecule has 0 saturated carbocycles. The molecule has 1 aromatic carbocycles. The van der Waals surface area contributed by atoms with Gasteiger partial charge in [-0.05, 0) is 32.4 Å². The first-order chi connectivity index (χ1) is 12.3. The number of carbonyl (C=O) groups excluding carboxylic acids is 2. The highest BCUT2D eigenvalue weighted by molar-refractivity contribution is 5.86. The maximum atomic E-state index is 12.5. The summed E-state index contributed by atoms with van der Waals surface area (Å²) in [6.07, 6.45) is 1.05. The number of hydrogen-bond donors (Lipinski definition) is 2. The van der Waals surface area contributed by atoms with Crippen molar-refractivity contribution in [3.05, 3.63) is 42.1 Å². The molecule has 0 aliphatic heterocycles. The van der Waals surface area contributed by atoms with Gasteiger partial charge in [0, 0.05) is 25.2 Å². The normalized spacial score (nSPS) is 12.5. The number of rotatable bonds is 6. The Kier molecular flexibility index (Phi) is 6.52. The largest absolute Gasteiger partial charge is 0.444 e. The van der Waals surface area contributed by atoms with E-state index in [1.54, 1.807) is 27.0 Å². The third-order valence-corrected chi connectivity index (χ3v) is 3.51. The van der Waals surface area contributed by atoms with Crippen LogP contribution in [0.3, 0.4) is 0 Å². The first kappa shape index (κ1) is 19.7. The molecule has 0 bridgehead atoms. The number of methoxy groups -OCH3 is 1. The molecule has 26 heavy (non-hydrogen) atoms. The monoisotopic (exact) mass is 359 g/mol. The molecule has 2 rings (SSSR count). The lowest BCUT2D eigenvalue weighted by molar-refractivity contribution is -0.124. The van der Waals surface area contributed by atoms with Gasteiger partial charge in [-0.15, -0.1) is 0 Å². The second kappa shape index (κ2) is 8.62. The topological polar surface area (TPSA) is 89.5 Å². The lowest BCUT2D eigenvalue weighted by atomic mass is 10.1. The average molecular weight is 359 g/mol. The number of carbonyl (C=O) groups is 2. The van der Waals surface area contributed by atoms with Crippen LogP contribution in [0.1, 0.15) is 26.3 Å². The van der Waals surface area contributed by atoms with Crippen molar-refractivity contribution in [3.8, 4) is 0 Å². The Morgan fingerprint density at radius 3 is 2.62 bits per heavy atom. The predicted octanol–water partition coefficient (Wildman–Crippen LogP) is 2.39. The Morgan fingerprint density at radius 1 is 1.19 bits per heavy atom. The van der Waals surface area contributed by atoms with Crippen molar-refractivity contribution in [2.24, 2.45) is 0 Å². The lowest BCUT2D eigenvalue weighted by Gasteiger charge is -2.23. The highest BCUT2D eigenvalue weighted by Crippen LogP contribution is 2.15. The zero-order valence-corrected chi connectivity index (χ0v) is 15.5. The fraction of sp³-hybridized carbons (Fsp3) is 0.421. The molecule has 1 atom stereocenters. The maximum Gasteiger partial charge on any atom is 0.408 e. The molecule has 1 unspecified atom stereocenters. The average Bonchev–Trinajstić information content (AvgIpc) is 2.57. The van der Waals surface area contributed by atoms with Crippen LogP contribution in [0.4, 0.5) is 4.79 Å². The maximum absolute atomic E-state index is 12.5. The number of aromatic nitrogens is 1. The van der Waals surface area contributed by atoms with E-state index in [4.69, 9.17) is 9.47 Å². The zero-order chi connectivity index (χ0) is 19.2. The quantitative estimate of drug-likeness (QED) is 0.827. The number of amides is 2. The Labute approximate surface area is 153 Å². The van der Waals surface area contributed by atoms with E-state index >= 15 is 0 Å². The van der Waals surface area contributed by atoms with Crippen LogP contribution in [0, 0.1) is 0 Å². The van der Waals surface area contributed by atoms with Crippen LogP contribution < -0.4 is 10.6 Å². The van der Waals surface area contributed by atoms with E-state index in [0.29, 0.717) is 6.54 Å². The molecule has 1 heterocycles. The fourth-order valence-electron chi connectivity index (χ4n) is 2.41. The van der Waals surface area contributed by atoms with Crippen LogP contribution in [-0.2, 0) is 20.8 Å². The van der Waals surface area contributed by atoms with Crippen molar-refractivity contribution >= 4 is 22.9 Å². The number of benzene rings is 1. The van der Waals surface area contributed by atoms with Gasteiger partial charge in [-0.3, -0.25) is 9.78 Å². The van der Waals surface area contributed by atoms with Gasteiger partial charge in [0.05, 0.1) is 12.1 Å². The van der Waals surface area contributed by atoms with Gasteiger partial charge in [0.15, 0.2) is 0 Å². The number of pyridine rings is 1. The fourth-order valence-corrected chi connectivity index (χ4v) is 2.41. The smallest absolute Gasteiger partial charge is 0.408 e. The van der Waals surface area contributed by atoms with Crippen LogP contribution in [0.15, 0.2) is 36.5 Å². The lowest BCUT2D eigenvalue weighted by Crippen LogP contribution is -2.50. The molecule has 0 fully saturated rings. The van der Waals surface area contributed by atoms with Crippen molar-refractivity contribution in [1.82, 2.24) is 15.6 Å². The van der Waals surface area contributed by atoms with Crippen LogP contribution in [0.2, 0.25) is 0 Å². The third-order valence-electron chi connectivity index (χ3n) is 3.51. The van der Waals surface area contributed by atoms with E-state index in [0.717, 1.165) is 16.5 Å². The number of nitrogens with zero attached hydrogens (tertiary/aromatic N) is 1. The Hall–Kier alpha value is -2.67. The predicted molar refractivity (Wildman–Crippen MR) is 98.6 cm³/mol. The zero-order valence-electron chi connectivity index (χ0n) is 15.5. The summed E-state index contributed by atoms with van der Waals surface area (Å²) in [6.45, 7) is 5.60. The molecule has 0 radical (unpaired) electrons. The highest BCUT2D eigenvalue weighted by Gasteiger charge is 2.24. The van der Waals surface area contributed by atoms with Crippen LogP contribution in [-0.4, -0.2) is 42.3 Å². The van der Waals surface area contributed by atoms with E-state index in [9.17, 15) is 9.59 Å². The van der Waals surface area contributed by atoms with Gasteiger partial charge in [-0.1, -0.05) is 24.3 Å². The summed E-state index contributed by atoms with van der Waals surface area (Å²) >= 11 is 0. The summed E-state index contributed by atoms with van der Waals surface area (Å²) < 4.78 is 10.2. The van der Waals surface area contributed by atoms with Gasteiger partial charge in [-0.25, -0.2) is 4.79 Å². The minimum absolute atomic E-state index is 0.0405. The van der Waals surface area contributed by atoms with E-state index < -0.39 is 17.7 Å². The number of ether oxygens (including phenoxy) is 2. The summed E-state index contributed by atoms with van der Waals surface area (Å²) in [5.41, 5.74) is 1.08. The van der Waals surface area contributed by atoms with Gasteiger partial charge < -0.3 is 20.1 Å². The van der Waals surface area contributed by atoms with Crippen molar-refractivity contribution in [1.29, 1.82) is 0 Å². The van der Waals surface area contributed by atoms with Gasteiger partial charge in [0.2, 0.25) is 5.91 Å². The summed E-state index contributed by atoms with van der Waals surface area (Å²) in [5, 5.41) is 6.35. The number of nitrogens with one attached hydrogen (secondary N) is 2. The van der Waals surface area contributed by atoms with E-state index in [1.165, 1.54) is 7.11 Å². The molecule has 0 aliphatic carbocycles. The SMILES string of the molecule is COCC(NC(=O)OC(C)(C)C)C(=O)NCc1cccc2cccnc12. The Bertz CT molecular complexity index is 765. The molecule has 7 nitrogen and oxygen atoms in total. The highest BCUT2D eigenvalue weighted by atomic mass is 16.6. The number of alkyl carbamates (subject to hydrolysis) is 1. The van der Waals surface area contributed by atoms with Gasteiger partial charge in [0.1, 0.15) is 11.6 Å². The third kappa shape index (κ3) is 5.70. The molecule has 2 N–H and O–H groups in total. The standard InChI is InChI=1S/C19H25N3O4/c1-19(2,3)26-18(24)22-15(12-25-4)17(23)21-11-14-8-5-7-13-9-6-10-20-16(13)14/h5-10,15H,11-12H2,1-4H3,(H,21,23)(H,22,24).